The van der Waals surface area contributed by atoms with Crippen molar-refractivity contribution in [3.8, 4) is 0 Å². The van der Waals surface area contributed by atoms with Gasteiger partial charge < -0.3 is 9.63 Å². The first-order chi connectivity index (χ1) is 10.0. The molecule has 0 bridgehead atoms. The molecule has 6 nitrogen and oxygen atoms in total. The molecule has 0 aromatic carbocycles. The number of hydrogen-bond acceptors (Lipinski definition) is 5. The van der Waals surface area contributed by atoms with Gasteiger partial charge in [-0.3, -0.25) is 9.69 Å². The molecule has 1 unspecified atom stereocenters. The Morgan fingerprint density at radius 1 is 1.48 bits per heavy atom. The molecular formula is C15H25N3O3. The van der Waals surface area contributed by atoms with Crippen LogP contribution in [-0.4, -0.2) is 38.7 Å². The number of carboxylic acid groups (broad SMARTS) is 1. The van der Waals surface area contributed by atoms with E-state index in [1.54, 1.807) is 0 Å². The number of carboxylic acids is 1. The fraction of sp³-hybridized carbons (Fsp3) is 0.800. The highest BCUT2D eigenvalue weighted by molar-refractivity contribution is 5.66. The Balaban J connectivity index is 1.91. The fourth-order valence-corrected chi connectivity index (χ4v) is 2.86. The van der Waals surface area contributed by atoms with Crippen LogP contribution >= 0.6 is 0 Å². The molecule has 1 aromatic rings. The number of likely N-dealkylation sites (tertiary alicyclic amines) is 1. The second-order valence-corrected chi connectivity index (χ2v) is 6.25. The highest BCUT2D eigenvalue weighted by atomic mass is 16.5. The summed E-state index contributed by atoms with van der Waals surface area (Å²) < 4.78 is 5.32. The maximum atomic E-state index is 10.8. The number of aromatic nitrogens is 2. The van der Waals surface area contributed by atoms with Crippen LogP contribution in [-0.2, 0) is 17.8 Å². The van der Waals surface area contributed by atoms with Gasteiger partial charge in [-0.2, -0.15) is 4.98 Å². The summed E-state index contributed by atoms with van der Waals surface area (Å²) >= 11 is 0. The minimum Gasteiger partial charge on any atom is -0.481 e. The maximum absolute atomic E-state index is 10.8. The van der Waals surface area contributed by atoms with Crippen LogP contribution in [0.25, 0.3) is 0 Å². The Labute approximate surface area is 125 Å². The Morgan fingerprint density at radius 2 is 2.29 bits per heavy atom. The number of carbonyl (C=O) groups is 1. The van der Waals surface area contributed by atoms with Gasteiger partial charge in [0, 0.05) is 18.9 Å². The van der Waals surface area contributed by atoms with Gasteiger partial charge in [-0.25, -0.2) is 0 Å². The van der Waals surface area contributed by atoms with E-state index >= 15 is 0 Å². The lowest BCUT2D eigenvalue weighted by Crippen LogP contribution is -2.39. The summed E-state index contributed by atoms with van der Waals surface area (Å²) in [5.41, 5.74) is 0. The van der Waals surface area contributed by atoms with E-state index in [4.69, 9.17) is 9.63 Å². The topological polar surface area (TPSA) is 79.5 Å². The molecule has 118 valence electrons. The van der Waals surface area contributed by atoms with E-state index in [-0.39, 0.29) is 6.42 Å². The summed E-state index contributed by atoms with van der Waals surface area (Å²) in [4.78, 5) is 17.5. The number of hydrogen-bond donors (Lipinski definition) is 1. The van der Waals surface area contributed by atoms with Crippen molar-refractivity contribution in [2.45, 2.75) is 65.0 Å². The SMILES string of the molecule is CC(C)Cc1noc(CN2CCCCC2CCC(=O)O)n1. The molecule has 6 heteroatoms. The molecule has 1 aliphatic rings. The van der Waals surface area contributed by atoms with Gasteiger partial charge in [-0.15, -0.1) is 0 Å². The smallest absolute Gasteiger partial charge is 0.303 e. The minimum absolute atomic E-state index is 0.226. The zero-order valence-electron chi connectivity index (χ0n) is 12.9. The standard InChI is InChI=1S/C15H25N3O3/c1-11(2)9-13-16-14(21-17-13)10-18-8-4-3-5-12(18)6-7-15(19)20/h11-12H,3-10H2,1-2H3,(H,19,20). The molecule has 2 heterocycles. The zero-order chi connectivity index (χ0) is 15.2. The van der Waals surface area contributed by atoms with Gasteiger partial charge in [0.1, 0.15) is 0 Å². The highest BCUT2D eigenvalue weighted by Gasteiger charge is 2.24. The molecule has 2 rings (SSSR count). The van der Waals surface area contributed by atoms with Crippen molar-refractivity contribution < 1.29 is 14.4 Å². The molecule has 0 aliphatic carbocycles. The van der Waals surface area contributed by atoms with Crippen LogP contribution in [0.4, 0.5) is 0 Å². The van der Waals surface area contributed by atoms with Crippen LogP contribution in [0.1, 0.15) is 57.7 Å². The monoisotopic (exact) mass is 295 g/mol. The molecule has 0 saturated carbocycles. The van der Waals surface area contributed by atoms with Crippen molar-refractivity contribution in [1.82, 2.24) is 15.0 Å². The van der Waals surface area contributed by atoms with E-state index < -0.39 is 5.97 Å². The van der Waals surface area contributed by atoms with Crippen molar-refractivity contribution in [3.05, 3.63) is 11.7 Å². The second-order valence-electron chi connectivity index (χ2n) is 6.25. The number of nitrogens with zero attached hydrogens (tertiary/aromatic N) is 3. The summed E-state index contributed by atoms with van der Waals surface area (Å²) in [5.74, 6) is 1.19. The van der Waals surface area contributed by atoms with Crippen LogP contribution in [0.15, 0.2) is 4.52 Å². The average Bonchev–Trinajstić information content (AvgIpc) is 2.84. The van der Waals surface area contributed by atoms with Crippen LogP contribution in [0.2, 0.25) is 0 Å². The first-order valence-electron chi connectivity index (χ1n) is 7.82. The van der Waals surface area contributed by atoms with Gasteiger partial charge in [0.05, 0.1) is 6.54 Å². The lowest BCUT2D eigenvalue weighted by atomic mass is 9.98. The van der Waals surface area contributed by atoms with E-state index in [0.29, 0.717) is 30.8 Å². The molecular weight excluding hydrogens is 270 g/mol. The second kappa shape index (κ2) is 7.54. The van der Waals surface area contributed by atoms with Crippen LogP contribution in [0.5, 0.6) is 0 Å². The Morgan fingerprint density at radius 3 is 3.00 bits per heavy atom. The molecule has 0 spiro atoms. The van der Waals surface area contributed by atoms with Crippen LogP contribution in [0.3, 0.4) is 0 Å². The first kappa shape index (κ1) is 15.9. The van der Waals surface area contributed by atoms with Gasteiger partial charge in [-0.1, -0.05) is 25.4 Å². The molecule has 1 atom stereocenters. The van der Waals surface area contributed by atoms with Crippen molar-refractivity contribution in [2.75, 3.05) is 6.54 Å². The summed E-state index contributed by atoms with van der Waals surface area (Å²) in [7, 11) is 0. The Bertz CT molecular complexity index is 459. The molecule has 1 aromatic heterocycles. The third kappa shape index (κ3) is 5.12. The largest absolute Gasteiger partial charge is 0.481 e. The third-order valence-electron chi connectivity index (χ3n) is 3.88. The lowest BCUT2D eigenvalue weighted by Gasteiger charge is -2.34. The Hall–Kier alpha value is -1.43. The predicted molar refractivity (Wildman–Crippen MR) is 77.8 cm³/mol. The van der Waals surface area contributed by atoms with E-state index in [2.05, 4.69) is 28.9 Å². The molecule has 21 heavy (non-hydrogen) atoms. The van der Waals surface area contributed by atoms with Gasteiger partial charge in [-0.05, 0) is 31.7 Å². The number of piperidine rings is 1. The highest BCUT2D eigenvalue weighted by Crippen LogP contribution is 2.22. The summed E-state index contributed by atoms with van der Waals surface area (Å²) in [6.07, 6.45) is 5.12. The van der Waals surface area contributed by atoms with E-state index in [0.717, 1.165) is 31.6 Å². The van der Waals surface area contributed by atoms with Crippen molar-refractivity contribution in [2.24, 2.45) is 5.92 Å². The average molecular weight is 295 g/mol. The first-order valence-corrected chi connectivity index (χ1v) is 7.82. The minimum atomic E-state index is -0.725. The third-order valence-corrected chi connectivity index (χ3v) is 3.88. The number of rotatable bonds is 7. The molecule has 1 aliphatic heterocycles. The lowest BCUT2D eigenvalue weighted by molar-refractivity contribution is -0.137. The van der Waals surface area contributed by atoms with Gasteiger partial charge in [0.25, 0.3) is 0 Å². The molecule has 0 radical (unpaired) electrons. The predicted octanol–water partition coefficient (Wildman–Crippen LogP) is 2.49. The van der Waals surface area contributed by atoms with Gasteiger partial charge in [0.15, 0.2) is 5.82 Å². The van der Waals surface area contributed by atoms with Crippen molar-refractivity contribution in [3.63, 3.8) is 0 Å². The van der Waals surface area contributed by atoms with Crippen LogP contribution < -0.4 is 0 Å². The van der Waals surface area contributed by atoms with Crippen LogP contribution in [0, 0.1) is 5.92 Å². The fourth-order valence-electron chi connectivity index (χ4n) is 2.86. The van der Waals surface area contributed by atoms with Gasteiger partial charge >= 0.3 is 5.97 Å². The molecule has 0 amide bonds. The van der Waals surface area contributed by atoms with Crippen molar-refractivity contribution >= 4 is 5.97 Å². The quantitative estimate of drug-likeness (QED) is 0.832. The molecule has 1 saturated heterocycles. The summed E-state index contributed by atoms with van der Waals surface area (Å²) in [6.45, 7) is 5.87. The summed E-state index contributed by atoms with van der Waals surface area (Å²) in [6, 6.07) is 0.315. The summed E-state index contributed by atoms with van der Waals surface area (Å²) in [5, 5.41) is 12.9. The zero-order valence-corrected chi connectivity index (χ0v) is 12.9. The number of aliphatic carboxylic acids is 1. The molecule has 1 fully saturated rings. The Kier molecular flexibility index (Phi) is 5.73. The van der Waals surface area contributed by atoms with Gasteiger partial charge in [0.2, 0.25) is 5.89 Å². The molecule has 1 N–H and O–H groups in total. The normalized spacial score (nSPS) is 20.0. The maximum Gasteiger partial charge on any atom is 0.303 e. The van der Waals surface area contributed by atoms with E-state index in [9.17, 15) is 4.79 Å². The van der Waals surface area contributed by atoms with E-state index in [1.165, 1.54) is 6.42 Å². The van der Waals surface area contributed by atoms with E-state index in [1.807, 2.05) is 0 Å². The van der Waals surface area contributed by atoms with Crippen molar-refractivity contribution in [1.29, 1.82) is 0 Å².